The predicted octanol–water partition coefficient (Wildman–Crippen LogP) is 3.80. The Morgan fingerprint density at radius 3 is 2.44 bits per heavy atom. The third kappa shape index (κ3) is 8.13. The van der Waals surface area contributed by atoms with E-state index in [0.29, 0.717) is 5.92 Å². The molecule has 3 aliphatic rings. The number of carbonyl (C=O) groups is 1. The average Bonchev–Trinajstić information content (AvgIpc) is 3.21. The summed E-state index contributed by atoms with van der Waals surface area (Å²) in [7, 11) is 0. The van der Waals surface area contributed by atoms with Crippen molar-refractivity contribution >= 4 is 12.1 Å². The number of nitrogens with one attached hydrogen (secondary N) is 1. The van der Waals surface area contributed by atoms with Crippen molar-refractivity contribution in [1.82, 2.24) is 20.0 Å². The molecule has 2 atom stereocenters. The number of piperidine rings is 2. The van der Waals surface area contributed by atoms with E-state index in [4.69, 9.17) is 9.73 Å². The van der Waals surface area contributed by atoms with Crippen LogP contribution in [0.4, 0.5) is 4.79 Å². The molecule has 3 saturated heterocycles. The first-order valence-electron chi connectivity index (χ1n) is 13.1. The van der Waals surface area contributed by atoms with E-state index in [2.05, 4.69) is 22.0 Å². The van der Waals surface area contributed by atoms with Crippen molar-refractivity contribution < 1.29 is 9.53 Å². The van der Waals surface area contributed by atoms with E-state index in [1.807, 2.05) is 25.7 Å². The molecular weight excluding hydrogens is 402 g/mol. The minimum atomic E-state index is -0.434. The van der Waals surface area contributed by atoms with E-state index < -0.39 is 5.60 Å². The van der Waals surface area contributed by atoms with Crippen LogP contribution in [-0.4, -0.2) is 91.3 Å². The fourth-order valence-corrected chi connectivity index (χ4v) is 5.25. The minimum absolute atomic E-state index is 0.171. The van der Waals surface area contributed by atoms with Gasteiger partial charge in [-0.05, 0) is 91.1 Å². The molecule has 0 aliphatic carbocycles. The topological polar surface area (TPSA) is 60.4 Å². The summed E-state index contributed by atoms with van der Waals surface area (Å²) in [5.41, 5.74) is -0.434. The normalized spacial score (nSPS) is 25.8. The van der Waals surface area contributed by atoms with Crippen molar-refractivity contribution in [2.75, 3.05) is 58.9 Å². The van der Waals surface area contributed by atoms with Crippen LogP contribution in [0.5, 0.6) is 0 Å². The summed E-state index contributed by atoms with van der Waals surface area (Å²) < 4.78 is 5.57. The number of hydrogen-bond donors (Lipinski definition) is 1. The van der Waals surface area contributed by atoms with Crippen molar-refractivity contribution in [3.8, 4) is 0 Å². The van der Waals surface area contributed by atoms with Gasteiger partial charge < -0.3 is 24.8 Å². The molecule has 1 N–H and O–H groups in total. The molecule has 32 heavy (non-hydrogen) atoms. The maximum absolute atomic E-state index is 12.4. The van der Waals surface area contributed by atoms with Crippen LogP contribution in [0.1, 0.15) is 72.6 Å². The molecule has 3 aliphatic heterocycles. The molecule has 7 heteroatoms. The summed E-state index contributed by atoms with van der Waals surface area (Å²) in [5, 5.41) is 3.52. The Morgan fingerprint density at radius 1 is 0.969 bits per heavy atom. The summed E-state index contributed by atoms with van der Waals surface area (Å²) in [4.78, 5) is 24.4. The third-order valence-corrected chi connectivity index (χ3v) is 6.85. The zero-order chi connectivity index (χ0) is 23.0. The molecule has 7 nitrogen and oxygen atoms in total. The molecule has 3 heterocycles. The van der Waals surface area contributed by atoms with Crippen molar-refractivity contribution in [1.29, 1.82) is 0 Å². The molecule has 0 spiro atoms. The Hall–Kier alpha value is -1.50. The molecule has 1 amide bonds. The third-order valence-electron chi connectivity index (χ3n) is 6.85. The molecule has 0 saturated carbocycles. The molecular formula is C25H47N5O2. The molecule has 184 valence electrons. The first-order chi connectivity index (χ1) is 15.3. The lowest BCUT2D eigenvalue weighted by Crippen LogP contribution is -2.43. The van der Waals surface area contributed by atoms with Gasteiger partial charge in [-0.15, -0.1) is 0 Å². The predicted molar refractivity (Wildman–Crippen MR) is 131 cm³/mol. The first kappa shape index (κ1) is 25.1. The fourth-order valence-electron chi connectivity index (χ4n) is 5.25. The van der Waals surface area contributed by atoms with Crippen LogP contribution in [0.2, 0.25) is 0 Å². The van der Waals surface area contributed by atoms with Crippen LogP contribution in [0.25, 0.3) is 0 Å². The van der Waals surface area contributed by atoms with Gasteiger partial charge in [0.05, 0.1) is 0 Å². The van der Waals surface area contributed by atoms with Gasteiger partial charge in [-0.2, -0.15) is 0 Å². The molecule has 0 aromatic carbocycles. The number of ether oxygens (including phenoxy) is 1. The number of aliphatic imine (C=N–C) groups is 1. The lowest BCUT2D eigenvalue weighted by Gasteiger charge is -2.34. The van der Waals surface area contributed by atoms with E-state index in [0.717, 1.165) is 64.0 Å². The molecule has 0 radical (unpaired) electrons. The van der Waals surface area contributed by atoms with Crippen molar-refractivity contribution in [3.63, 3.8) is 0 Å². The lowest BCUT2D eigenvalue weighted by atomic mass is 9.95. The Bertz CT molecular complexity index is 612. The Kier molecular flexibility index (Phi) is 9.50. The molecule has 3 rings (SSSR count). The number of rotatable bonds is 6. The van der Waals surface area contributed by atoms with Crippen LogP contribution < -0.4 is 5.32 Å². The lowest BCUT2D eigenvalue weighted by molar-refractivity contribution is 0.0163. The van der Waals surface area contributed by atoms with Gasteiger partial charge in [-0.1, -0.05) is 6.42 Å². The van der Waals surface area contributed by atoms with Crippen LogP contribution in [-0.2, 0) is 4.74 Å². The number of likely N-dealkylation sites (tertiary alicyclic amines) is 3. The zero-order valence-electron chi connectivity index (χ0n) is 21.1. The quantitative estimate of drug-likeness (QED) is 0.494. The van der Waals surface area contributed by atoms with Gasteiger partial charge in [0.15, 0.2) is 5.96 Å². The van der Waals surface area contributed by atoms with Crippen LogP contribution in [0.15, 0.2) is 4.99 Å². The van der Waals surface area contributed by atoms with Crippen LogP contribution in [0.3, 0.4) is 0 Å². The Balaban J connectivity index is 1.45. The highest BCUT2D eigenvalue weighted by Gasteiger charge is 2.29. The summed E-state index contributed by atoms with van der Waals surface area (Å²) in [6, 6.07) is 0. The molecule has 2 unspecified atom stereocenters. The number of amides is 1. The van der Waals surface area contributed by atoms with E-state index in [-0.39, 0.29) is 6.09 Å². The highest BCUT2D eigenvalue weighted by atomic mass is 16.6. The van der Waals surface area contributed by atoms with Gasteiger partial charge in [-0.25, -0.2) is 4.79 Å². The molecule has 0 aromatic heterocycles. The summed E-state index contributed by atoms with van der Waals surface area (Å²) >= 11 is 0. The maximum Gasteiger partial charge on any atom is 0.410 e. The van der Waals surface area contributed by atoms with E-state index in [9.17, 15) is 4.79 Å². The SMILES string of the molecule is CCNC(=NCCC1CCCN(C(=O)OC(C)(C)C)C1)N1CCC(CN2CCCCC2)C1. The van der Waals surface area contributed by atoms with Gasteiger partial charge in [0, 0.05) is 45.8 Å². The largest absolute Gasteiger partial charge is 0.444 e. The Labute approximate surface area is 195 Å². The Morgan fingerprint density at radius 2 is 1.72 bits per heavy atom. The fraction of sp³-hybridized carbons (Fsp3) is 0.920. The number of hydrogen-bond acceptors (Lipinski definition) is 4. The van der Waals surface area contributed by atoms with Gasteiger partial charge >= 0.3 is 6.09 Å². The van der Waals surface area contributed by atoms with Crippen LogP contribution >= 0.6 is 0 Å². The summed E-state index contributed by atoms with van der Waals surface area (Å²) in [6.07, 6.45) is 8.50. The molecule has 0 aromatic rings. The van der Waals surface area contributed by atoms with Gasteiger partial charge in [0.2, 0.25) is 0 Å². The standard InChI is InChI=1S/C25H47N5O2/c1-5-26-23(29-17-12-22(20-29)18-28-14-7-6-8-15-28)27-13-11-21-10-9-16-30(19-21)24(31)32-25(2,3)4/h21-22H,5-20H2,1-4H3,(H,26,27). The minimum Gasteiger partial charge on any atom is -0.444 e. The molecule has 3 fully saturated rings. The summed E-state index contributed by atoms with van der Waals surface area (Å²) in [6.45, 7) is 17.3. The van der Waals surface area contributed by atoms with Crippen molar-refractivity contribution in [2.45, 2.75) is 78.2 Å². The van der Waals surface area contributed by atoms with E-state index >= 15 is 0 Å². The van der Waals surface area contributed by atoms with Gasteiger partial charge in [0.25, 0.3) is 0 Å². The smallest absolute Gasteiger partial charge is 0.410 e. The monoisotopic (exact) mass is 449 g/mol. The first-order valence-corrected chi connectivity index (χ1v) is 13.1. The number of carbonyl (C=O) groups excluding carboxylic acids is 1. The second-order valence-corrected chi connectivity index (χ2v) is 10.9. The number of nitrogens with zero attached hydrogens (tertiary/aromatic N) is 4. The van der Waals surface area contributed by atoms with Gasteiger partial charge in [0.1, 0.15) is 5.60 Å². The van der Waals surface area contributed by atoms with Crippen molar-refractivity contribution in [2.24, 2.45) is 16.8 Å². The number of guanidine groups is 1. The maximum atomic E-state index is 12.4. The van der Waals surface area contributed by atoms with E-state index in [1.165, 1.54) is 51.7 Å². The highest BCUT2D eigenvalue weighted by molar-refractivity contribution is 5.80. The summed E-state index contributed by atoms with van der Waals surface area (Å²) in [5.74, 6) is 2.35. The highest BCUT2D eigenvalue weighted by Crippen LogP contribution is 2.23. The van der Waals surface area contributed by atoms with Crippen molar-refractivity contribution in [3.05, 3.63) is 0 Å². The second kappa shape index (κ2) is 12.1. The zero-order valence-corrected chi connectivity index (χ0v) is 21.1. The van der Waals surface area contributed by atoms with Crippen LogP contribution in [0, 0.1) is 11.8 Å². The second-order valence-electron chi connectivity index (χ2n) is 10.9. The van der Waals surface area contributed by atoms with Gasteiger partial charge in [-0.3, -0.25) is 4.99 Å². The molecule has 0 bridgehead atoms. The van der Waals surface area contributed by atoms with E-state index in [1.54, 1.807) is 0 Å². The average molecular weight is 450 g/mol.